The highest BCUT2D eigenvalue weighted by Gasteiger charge is 2.13. The molecule has 112 valence electrons. The highest BCUT2D eigenvalue weighted by Crippen LogP contribution is 2.30. The SMILES string of the molecule is CNC(C)c1ccc(Br)cc1N(C)Cc1ccccc1C. The first-order valence-corrected chi connectivity index (χ1v) is 8.04. The topological polar surface area (TPSA) is 15.3 Å². The van der Waals surface area contributed by atoms with E-state index < -0.39 is 0 Å². The van der Waals surface area contributed by atoms with E-state index in [4.69, 9.17) is 0 Å². The Labute approximate surface area is 136 Å². The van der Waals surface area contributed by atoms with Gasteiger partial charge in [0.05, 0.1) is 0 Å². The van der Waals surface area contributed by atoms with Crippen molar-refractivity contribution < 1.29 is 0 Å². The third kappa shape index (κ3) is 3.86. The smallest absolute Gasteiger partial charge is 0.0428 e. The molecule has 21 heavy (non-hydrogen) atoms. The molecular weight excluding hydrogens is 324 g/mol. The van der Waals surface area contributed by atoms with Gasteiger partial charge in [-0.2, -0.15) is 0 Å². The predicted octanol–water partition coefficient (Wildman–Crippen LogP) is 4.67. The molecule has 2 rings (SSSR count). The standard InChI is InChI=1S/C18H23BrN2/c1-13-7-5-6-8-15(13)12-21(4)18-11-16(19)9-10-17(18)14(2)20-3/h5-11,14,20H,12H2,1-4H3. The summed E-state index contributed by atoms with van der Waals surface area (Å²) in [5.74, 6) is 0. The fourth-order valence-corrected chi connectivity index (χ4v) is 2.85. The van der Waals surface area contributed by atoms with Crippen LogP contribution in [0.5, 0.6) is 0 Å². The Bertz CT molecular complexity index is 610. The first kappa shape index (κ1) is 16.1. The highest BCUT2D eigenvalue weighted by molar-refractivity contribution is 9.10. The van der Waals surface area contributed by atoms with E-state index in [-0.39, 0.29) is 0 Å². The van der Waals surface area contributed by atoms with Gasteiger partial charge in [0.15, 0.2) is 0 Å². The van der Waals surface area contributed by atoms with Crippen molar-refractivity contribution in [1.82, 2.24) is 5.32 Å². The fourth-order valence-electron chi connectivity index (χ4n) is 2.50. The minimum absolute atomic E-state index is 0.326. The van der Waals surface area contributed by atoms with Crippen LogP contribution in [0.2, 0.25) is 0 Å². The average Bonchev–Trinajstić information content (AvgIpc) is 2.48. The van der Waals surface area contributed by atoms with Gasteiger partial charge in [0.2, 0.25) is 0 Å². The van der Waals surface area contributed by atoms with Crippen molar-refractivity contribution in [2.75, 3.05) is 19.0 Å². The van der Waals surface area contributed by atoms with E-state index in [0.29, 0.717) is 6.04 Å². The molecule has 0 bridgehead atoms. The van der Waals surface area contributed by atoms with Gasteiger partial charge in [0.25, 0.3) is 0 Å². The second kappa shape index (κ2) is 7.10. The molecule has 0 aliphatic heterocycles. The van der Waals surface area contributed by atoms with Crippen LogP contribution in [0.1, 0.15) is 29.7 Å². The molecule has 1 atom stereocenters. The van der Waals surface area contributed by atoms with Crippen LogP contribution in [0.4, 0.5) is 5.69 Å². The third-order valence-corrected chi connectivity index (χ3v) is 4.47. The number of rotatable bonds is 5. The normalized spacial score (nSPS) is 12.2. The van der Waals surface area contributed by atoms with Crippen LogP contribution in [-0.4, -0.2) is 14.1 Å². The van der Waals surface area contributed by atoms with E-state index in [0.717, 1.165) is 11.0 Å². The molecule has 2 nitrogen and oxygen atoms in total. The van der Waals surface area contributed by atoms with Crippen LogP contribution in [0.15, 0.2) is 46.9 Å². The van der Waals surface area contributed by atoms with Gasteiger partial charge in [0, 0.05) is 29.8 Å². The molecule has 0 amide bonds. The summed E-state index contributed by atoms with van der Waals surface area (Å²) in [6.45, 7) is 5.27. The van der Waals surface area contributed by atoms with Gasteiger partial charge < -0.3 is 10.2 Å². The zero-order chi connectivity index (χ0) is 15.4. The minimum atomic E-state index is 0.326. The predicted molar refractivity (Wildman–Crippen MR) is 94.9 cm³/mol. The summed E-state index contributed by atoms with van der Waals surface area (Å²) in [6, 6.07) is 15.4. The molecule has 1 N–H and O–H groups in total. The lowest BCUT2D eigenvalue weighted by Crippen LogP contribution is -2.22. The summed E-state index contributed by atoms with van der Waals surface area (Å²) in [5, 5.41) is 3.33. The van der Waals surface area contributed by atoms with Crippen molar-refractivity contribution in [2.45, 2.75) is 26.4 Å². The maximum atomic E-state index is 3.59. The van der Waals surface area contributed by atoms with Gasteiger partial charge in [-0.25, -0.2) is 0 Å². The number of hydrogen-bond acceptors (Lipinski definition) is 2. The number of benzene rings is 2. The summed E-state index contributed by atoms with van der Waals surface area (Å²) in [6.07, 6.45) is 0. The van der Waals surface area contributed by atoms with Crippen LogP contribution >= 0.6 is 15.9 Å². The first-order chi connectivity index (χ1) is 10.0. The van der Waals surface area contributed by atoms with Crippen molar-refractivity contribution in [3.8, 4) is 0 Å². The van der Waals surface area contributed by atoms with Gasteiger partial charge in [-0.05, 0) is 49.7 Å². The summed E-state index contributed by atoms with van der Waals surface area (Å²) in [7, 11) is 4.15. The van der Waals surface area contributed by atoms with Crippen molar-refractivity contribution >= 4 is 21.6 Å². The Morgan fingerprint density at radius 1 is 1.19 bits per heavy atom. The second-order valence-electron chi connectivity index (χ2n) is 5.50. The zero-order valence-corrected chi connectivity index (χ0v) is 14.7. The van der Waals surface area contributed by atoms with E-state index in [1.807, 2.05) is 7.05 Å². The molecular formula is C18H23BrN2. The summed E-state index contributed by atoms with van der Waals surface area (Å²) >= 11 is 3.59. The van der Waals surface area contributed by atoms with E-state index in [1.54, 1.807) is 0 Å². The maximum Gasteiger partial charge on any atom is 0.0428 e. The molecule has 1 unspecified atom stereocenters. The summed E-state index contributed by atoms with van der Waals surface area (Å²) in [4.78, 5) is 2.32. The van der Waals surface area contributed by atoms with Crippen molar-refractivity contribution in [3.05, 3.63) is 63.6 Å². The molecule has 2 aromatic carbocycles. The molecule has 0 aliphatic rings. The van der Waals surface area contributed by atoms with Crippen LogP contribution < -0.4 is 10.2 Å². The van der Waals surface area contributed by atoms with Gasteiger partial charge in [-0.1, -0.05) is 46.3 Å². The fraction of sp³-hybridized carbons (Fsp3) is 0.333. The molecule has 3 heteroatoms. The van der Waals surface area contributed by atoms with Crippen LogP contribution in [0.3, 0.4) is 0 Å². The molecule has 0 spiro atoms. The quantitative estimate of drug-likeness (QED) is 0.845. The number of aryl methyl sites for hydroxylation is 1. The van der Waals surface area contributed by atoms with Gasteiger partial charge in [0.1, 0.15) is 0 Å². The molecule has 0 saturated heterocycles. The summed E-state index contributed by atoms with van der Waals surface area (Å²) in [5.41, 5.74) is 5.27. The average molecular weight is 347 g/mol. The monoisotopic (exact) mass is 346 g/mol. The number of nitrogens with one attached hydrogen (secondary N) is 1. The minimum Gasteiger partial charge on any atom is -0.370 e. The number of anilines is 1. The van der Waals surface area contributed by atoms with Gasteiger partial charge in [-0.3, -0.25) is 0 Å². The first-order valence-electron chi connectivity index (χ1n) is 7.25. The highest BCUT2D eigenvalue weighted by atomic mass is 79.9. The molecule has 0 saturated carbocycles. The molecule has 0 radical (unpaired) electrons. The van der Waals surface area contributed by atoms with E-state index in [1.165, 1.54) is 22.4 Å². The molecule has 0 aliphatic carbocycles. The second-order valence-corrected chi connectivity index (χ2v) is 6.41. The van der Waals surface area contributed by atoms with Crippen LogP contribution in [0, 0.1) is 6.92 Å². The molecule has 0 aromatic heterocycles. The summed E-state index contributed by atoms with van der Waals surface area (Å²) < 4.78 is 1.11. The molecule has 0 heterocycles. The Balaban J connectivity index is 2.32. The Hall–Kier alpha value is -1.32. The number of hydrogen-bond donors (Lipinski definition) is 1. The lowest BCUT2D eigenvalue weighted by Gasteiger charge is -2.26. The van der Waals surface area contributed by atoms with E-state index in [2.05, 4.69) is 89.5 Å². The van der Waals surface area contributed by atoms with Crippen molar-refractivity contribution in [1.29, 1.82) is 0 Å². The number of halogens is 1. The van der Waals surface area contributed by atoms with Crippen molar-refractivity contribution in [2.24, 2.45) is 0 Å². The van der Waals surface area contributed by atoms with Gasteiger partial charge in [-0.15, -0.1) is 0 Å². The Morgan fingerprint density at radius 3 is 2.57 bits per heavy atom. The largest absolute Gasteiger partial charge is 0.370 e. The van der Waals surface area contributed by atoms with E-state index >= 15 is 0 Å². The zero-order valence-electron chi connectivity index (χ0n) is 13.2. The van der Waals surface area contributed by atoms with E-state index in [9.17, 15) is 0 Å². The Kier molecular flexibility index (Phi) is 5.43. The number of nitrogens with zero attached hydrogens (tertiary/aromatic N) is 1. The van der Waals surface area contributed by atoms with Gasteiger partial charge >= 0.3 is 0 Å². The maximum absolute atomic E-state index is 3.59. The van der Waals surface area contributed by atoms with Crippen LogP contribution in [0.25, 0.3) is 0 Å². The van der Waals surface area contributed by atoms with Crippen LogP contribution in [-0.2, 0) is 6.54 Å². The lowest BCUT2D eigenvalue weighted by molar-refractivity contribution is 0.649. The van der Waals surface area contributed by atoms with Crippen molar-refractivity contribution in [3.63, 3.8) is 0 Å². The third-order valence-electron chi connectivity index (χ3n) is 3.97. The molecule has 0 fully saturated rings. The Morgan fingerprint density at radius 2 is 1.90 bits per heavy atom. The molecule has 2 aromatic rings. The lowest BCUT2D eigenvalue weighted by atomic mass is 10.0.